The second-order valence-electron chi connectivity index (χ2n) is 4.37. The Hall–Kier alpha value is -1.44. The Morgan fingerprint density at radius 2 is 1.56 bits per heavy atom. The molecular weight excluding hydrogens is 224 g/mol. The second kappa shape index (κ2) is 9.58. The minimum atomic E-state index is 0.799. The largest absolute Gasteiger partial charge is 0.497 e. The molecule has 0 spiro atoms. The van der Waals surface area contributed by atoms with Gasteiger partial charge in [0.1, 0.15) is 11.5 Å². The van der Waals surface area contributed by atoms with Crippen molar-refractivity contribution >= 4 is 0 Å². The maximum absolute atomic E-state index is 5.66. The number of unbranched alkanes of at least 4 members (excludes halogenated alkanes) is 5. The lowest BCUT2D eigenvalue weighted by Crippen LogP contribution is -1.97. The first-order chi connectivity index (χ1) is 8.86. The first-order valence-corrected chi connectivity index (χ1v) is 6.74. The van der Waals surface area contributed by atoms with Gasteiger partial charge in [-0.3, -0.25) is 0 Å². The smallest absolute Gasteiger partial charge is 0.119 e. The molecule has 100 valence electrons. The van der Waals surface area contributed by atoms with Gasteiger partial charge in [0.05, 0.1) is 13.7 Å². The monoisotopic (exact) mass is 248 g/mol. The molecule has 0 bridgehead atoms. The summed E-state index contributed by atoms with van der Waals surface area (Å²) in [6, 6.07) is 7.74. The summed E-state index contributed by atoms with van der Waals surface area (Å²) in [6.45, 7) is 4.52. The van der Waals surface area contributed by atoms with Gasteiger partial charge in [0.25, 0.3) is 0 Å². The minimum Gasteiger partial charge on any atom is -0.497 e. The second-order valence-corrected chi connectivity index (χ2v) is 4.37. The van der Waals surface area contributed by atoms with Crippen LogP contribution in [0, 0.1) is 0 Å². The molecule has 2 heteroatoms. The zero-order valence-electron chi connectivity index (χ0n) is 11.4. The Labute approximate surface area is 111 Å². The highest BCUT2D eigenvalue weighted by Crippen LogP contribution is 2.17. The summed E-state index contributed by atoms with van der Waals surface area (Å²) in [5.41, 5.74) is 0. The van der Waals surface area contributed by atoms with Crippen LogP contribution in [0.5, 0.6) is 11.5 Å². The molecule has 0 saturated heterocycles. The van der Waals surface area contributed by atoms with Crippen LogP contribution in [0.25, 0.3) is 0 Å². The average Bonchev–Trinajstić information content (AvgIpc) is 2.42. The minimum absolute atomic E-state index is 0.799. The average molecular weight is 248 g/mol. The third kappa shape index (κ3) is 6.33. The predicted molar refractivity (Wildman–Crippen MR) is 76.4 cm³/mol. The first kappa shape index (κ1) is 14.6. The lowest BCUT2D eigenvalue weighted by Gasteiger charge is -2.06. The van der Waals surface area contributed by atoms with Crippen molar-refractivity contribution in [2.45, 2.75) is 38.5 Å². The number of rotatable bonds is 10. The molecule has 0 radical (unpaired) electrons. The molecular formula is C16H24O2. The fourth-order valence-corrected chi connectivity index (χ4v) is 1.78. The van der Waals surface area contributed by atoms with Gasteiger partial charge >= 0.3 is 0 Å². The molecule has 0 aliphatic rings. The van der Waals surface area contributed by atoms with E-state index in [0.29, 0.717) is 0 Å². The van der Waals surface area contributed by atoms with E-state index in [1.165, 1.54) is 25.7 Å². The molecule has 1 aromatic rings. The van der Waals surface area contributed by atoms with Crippen LogP contribution < -0.4 is 9.47 Å². The van der Waals surface area contributed by atoms with Crippen molar-refractivity contribution in [2.24, 2.45) is 0 Å². The first-order valence-electron chi connectivity index (χ1n) is 6.74. The van der Waals surface area contributed by atoms with Gasteiger partial charge in [0.15, 0.2) is 0 Å². The summed E-state index contributed by atoms with van der Waals surface area (Å²) in [5, 5.41) is 0. The normalized spacial score (nSPS) is 10.1. The third-order valence-electron chi connectivity index (χ3n) is 2.88. The molecule has 0 aromatic heterocycles. The maximum Gasteiger partial charge on any atom is 0.119 e. The van der Waals surface area contributed by atoms with Crippen molar-refractivity contribution < 1.29 is 9.47 Å². The zero-order chi connectivity index (χ0) is 13.1. The van der Waals surface area contributed by atoms with Crippen molar-refractivity contribution in [1.29, 1.82) is 0 Å². The number of methoxy groups -OCH3 is 1. The summed E-state index contributed by atoms with van der Waals surface area (Å²) < 4.78 is 10.8. The molecule has 0 aliphatic carbocycles. The molecule has 0 fully saturated rings. The molecule has 1 rings (SSSR count). The van der Waals surface area contributed by atoms with Gasteiger partial charge in [-0.25, -0.2) is 0 Å². The third-order valence-corrected chi connectivity index (χ3v) is 2.88. The van der Waals surface area contributed by atoms with Crippen LogP contribution in [0.1, 0.15) is 38.5 Å². The molecule has 18 heavy (non-hydrogen) atoms. The van der Waals surface area contributed by atoms with Crippen LogP contribution in [0.15, 0.2) is 36.9 Å². The van der Waals surface area contributed by atoms with Gasteiger partial charge in [0.2, 0.25) is 0 Å². The summed E-state index contributed by atoms with van der Waals surface area (Å²) in [5.74, 6) is 1.78. The summed E-state index contributed by atoms with van der Waals surface area (Å²) in [6.07, 6.45) is 9.36. The molecule has 0 atom stereocenters. The topological polar surface area (TPSA) is 18.5 Å². The van der Waals surface area contributed by atoms with Gasteiger partial charge in [0, 0.05) is 0 Å². The molecule has 0 aliphatic heterocycles. The van der Waals surface area contributed by atoms with Gasteiger partial charge in [-0.15, -0.1) is 6.58 Å². The summed E-state index contributed by atoms with van der Waals surface area (Å²) in [4.78, 5) is 0. The fraction of sp³-hybridized carbons (Fsp3) is 0.500. The van der Waals surface area contributed by atoms with Crippen LogP contribution in [0.4, 0.5) is 0 Å². The lowest BCUT2D eigenvalue weighted by atomic mass is 10.1. The highest BCUT2D eigenvalue weighted by atomic mass is 16.5. The number of benzene rings is 1. The highest BCUT2D eigenvalue weighted by Gasteiger charge is 1.95. The molecule has 0 heterocycles. The van der Waals surface area contributed by atoms with Crippen LogP contribution in [-0.2, 0) is 0 Å². The Bertz CT molecular complexity index is 316. The number of ether oxygens (including phenoxy) is 2. The maximum atomic E-state index is 5.66. The van der Waals surface area contributed by atoms with Crippen LogP contribution in [0.3, 0.4) is 0 Å². The van der Waals surface area contributed by atoms with Gasteiger partial charge in [-0.2, -0.15) is 0 Å². The van der Waals surface area contributed by atoms with Gasteiger partial charge in [-0.05, 0) is 43.5 Å². The number of hydrogen-bond donors (Lipinski definition) is 0. The SMILES string of the molecule is C=CCCCCCCCOc1ccc(OC)cc1. The van der Waals surface area contributed by atoms with Crippen LogP contribution in [-0.4, -0.2) is 13.7 Å². The van der Waals surface area contributed by atoms with E-state index in [-0.39, 0.29) is 0 Å². The van der Waals surface area contributed by atoms with Crippen molar-refractivity contribution in [3.05, 3.63) is 36.9 Å². The Morgan fingerprint density at radius 3 is 2.22 bits per heavy atom. The van der Waals surface area contributed by atoms with Crippen molar-refractivity contribution in [3.8, 4) is 11.5 Å². The van der Waals surface area contributed by atoms with Crippen LogP contribution in [0.2, 0.25) is 0 Å². The Kier molecular flexibility index (Phi) is 7.78. The van der Waals surface area contributed by atoms with E-state index in [0.717, 1.165) is 30.9 Å². The molecule has 0 amide bonds. The van der Waals surface area contributed by atoms with Crippen LogP contribution >= 0.6 is 0 Å². The Balaban J connectivity index is 2.01. The number of allylic oxidation sites excluding steroid dienone is 1. The van der Waals surface area contributed by atoms with E-state index in [1.807, 2.05) is 30.3 Å². The van der Waals surface area contributed by atoms with E-state index in [4.69, 9.17) is 9.47 Å². The van der Waals surface area contributed by atoms with Gasteiger partial charge < -0.3 is 9.47 Å². The summed E-state index contributed by atoms with van der Waals surface area (Å²) >= 11 is 0. The highest BCUT2D eigenvalue weighted by molar-refractivity contribution is 5.31. The molecule has 1 aromatic carbocycles. The molecule has 0 unspecified atom stereocenters. The van der Waals surface area contributed by atoms with Crippen molar-refractivity contribution in [3.63, 3.8) is 0 Å². The standard InChI is InChI=1S/C16H24O2/c1-3-4-5-6-7-8-9-14-18-16-12-10-15(17-2)11-13-16/h3,10-13H,1,4-9,14H2,2H3. The lowest BCUT2D eigenvalue weighted by molar-refractivity contribution is 0.304. The van der Waals surface area contributed by atoms with E-state index >= 15 is 0 Å². The van der Waals surface area contributed by atoms with Crippen molar-refractivity contribution in [2.75, 3.05) is 13.7 Å². The molecule has 0 saturated carbocycles. The van der Waals surface area contributed by atoms with E-state index < -0.39 is 0 Å². The predicted octanol–water partition coefficient (Wildman–Crippen LogP) is 4.60. The van der Waals surface area contributed by atoms with E-state index in [1.54, 1.807) is 7.11 Å². The molecule has 2 nitrogen and oxygen atoms in total. The van der Waals surface area contributed by atoms with Crippen molar-refractivity contribution in [1.82, 2.24) is 0 Å². The zero-order valence-corrected chi connectivity index (χ0v) is 11.4. The fourth-order valence-electron chi connectivity index (χ4n) is 1.78. The quantitative estimate of drug-likeness (QED) is 0.445. The Morgan fingerprint density at radius 1 is 0.944 bits per heavy atom. The summed E-state index contributed by atoms with van der Waals surface area (Å²) in [7, 11) is 1.67. The van der Waals surface area contributed by atoms with Gasteiger partial charge in [-0.1, -0.05) is 25.3 Å². The van der Waals surface area contributed by atoms with E-state index in [2.05, 4.69) is 6.58 Å². The van der Waals surface area contributed by atoms with E-state index in [9.17, 15) is 0 Å². The molecule has 0 N–H and O–H groups in total. The number of hydrogen-bond acceptors (Lipinski definition) is 2.